The minimum Gasteiger partial charge on any atom is -0.493 e. The molecule has 0 unspecified atom stereocenters. The minimum atomic E-state index is -0.223. The van der Waals surface area contributed by atoms with Gasteiger partial charge in [0.25, 0.3) is 5.91 Å². The summed E-state index contributed by atoms with van der Waals surface area (Å²) >= 11 is 3.53. The van der Waals surface area contributed by atoms with Crippen LogP contribution < -0.4 is 20.1 Å². The highest BCUT2D eigenvalue weighted by molar-refractivity contribution is 9.10. The third-order valence-corrected chi connectivity index (χ3v) is 4.33. The lowest BCUT2D eigenvalue weighted by molar-refractivity contribution is -0.118. The molecule has 6 heteroatoms. The van der Waals surface area contributed by atoms with Gasteiger partial charge in [-0.05, 0) is 43.3 Å². The van der Waals surface area contributed by atoms with Crippen LogP contribution in [0.3, 0.4) is 0 Å². The summed E-state index contributed by atoms with van der Waals surface area (Å²) in [4.78, 5) is 12.1. The maximum atomic E-state index is 12.1. The zero-order valence-electron chi connectivity index (χ0n) is 14.7. The molecule has 2 aromatic carbocycles. The monoisotopic (exact) mass is 406 g/mol. The van der Waals surface area contributed by atoms with Gasteiger partial charge in [0.15, 0.2) is 18.1 Å². The lowest BCUT2D eigenvalue weighted by Crippen LogP contribution is -2.20. The van der Waals surface area contributed by atoms with E-state index in [-0.39, 0.29) is 12.5 Å². The number of carbonyl (C=O) groups excluding carboxylic acids is 1. The molecule has 1 amide bonds. The number of anilines is 1. The van der Waals surface area contributed by atoms with Crippen LogP contribution in [0, 0.1) is 6.92 Å². The molecular weight excluding hydrogens is 384 g/mol. The van der Waals surface area contributed by atoms with E-state index in [0.717, 1.165) is 34.4 Å². The molecule has 0 saturated heterocycles. The van der Waals surface area contributed by atoms with Gasteiger partial charge in [-0.2, -0.15) is 0 Å². The molecule has 2 aromatic rings. The molecule has 0 heterocycles. The number of benzene rings is 2. The summed E-state index contributed by atoms with van der Waals surface area (Å²) in [5.74, 6) is 0.895. The summed E-state index contributed by atoms with van der Waals surface area (Å²) in [6.45, 7) is 5.56. The number of nitrogens with one attached hydrogen (secondary N) is 2. The Hall–Kier alpha value is -2.05. The molecule has 0 atom stereocenters. The lowest BCUT2D eigenvalue weighted by atomic mass is 10.2. The fourth-order valence-electron chi connectivity index (χ4n) is 2.22. The van der Waals surface area contributed by atoms with Crippen molar-refractivity contribution in [3.63, 3.8) is 0 Å². The Bertz CT molecular complexity index is 717. The predicted octanol–water partition coefficient (Wildman–Crippen LogP) is 3.89. The molecule has 0 aromatic heterocycles. The Morgan fingerprint density at radius 2 is 1.88 bits per heavy atom. The molecule has 134 valence electrons. The molecule has 0 saturated carbocycles. The van der Waals surface area contributed by atoms with Crippen LogP contribution in [0.15, 0.2) is 40.9 Å². The Labute approximate surface area is 156 Å². The molecule has 0 aliphatic rings. The maximum Gasteiger partial charge on any atom is 0.262 e. The van der Waals surface area contributed by atoms with Gasteiger partial charge in [0.2, 0.25) is 0 Å². The highest BCUT2D eigenvalue weighted by Gasteiger charge is 2.12. The van der Waals surface area contributed by atoms with Gasteiger partial charge in [-0.15, -0.1) is 0 Å². The van der Waals surface area contributed by atoms with Gasteiger partial charge in [-0.3, -0.25) is 4.79 Å². The largest absolute Gasteiger partial charge is 0.493 e. The molecule has 25 heavy (non-hydrogen) atoms. The summed E-state index contributed by atoms with van der Waals surface area (Å²) in [6.07, 6.45) is 0. The third-order valence-electron chi connectivity index (χ3n) is 3.59. The first-order valence-electron chi connectivity index (χ1n) is 8.10. The summed E-state index contributed by atoms with van der Waals surface area (Å²) in [5, 5.41) is 6.07. The van der Waals surface area contributed by atoms with E-state index in [1.165, 1.54) is 0 Å². The maximum absolute atomic E-state index is 12.1. The average Bonchev–Trinajstić information content (AvgIpc) is 2.61. The van der Waals surface area contributed by atoms with Crippen molar-refractivity contribution < 1.29 is 14.3 Å². The predicted molar refractivity (Wildman–Crippen MR) is 103 cm³/mol. The molecule has 0 radical (unpaired) electrons. The van der Waals surface area contributed by atoms with E-state index in [1.54, 1.807) is 7.11 Å². The van der Waals surface area contributed by atoms with Crippen LogP contribution in [0.25, 0.3) is 0 Å². The summed E-state index contributed by atoms with van der Waals surface area (Å²) < 4.78 is 11.9. The number of carbonyl (C=O) groups is 1. The number of ether oxygens (including phenoxy) is 2. The standard InChI is InChI=1S/C19H23BrN2O3/c1-4-21-11-14-9-17(24-3)18(10-16(14)20)25-12-19(23)22-15-7-5-13(2)6-8-15/h5-10,21H,4,11-12H2,1-3H3,(H,22,23). The Morgan fingerprint density at radius 3 is 2.52 bits per heavy atom. The topological polar surface area (TPSA) is 59.6 Å². The van der Waals surface area contributed by atoms with Crippen molar-refractivity contribution >= 4 is 27.5 Å². The van der Waals surface area contributed by atoms with Crippen LogP contribution >= 0.6 is 15.9 Å². The third kappa shape index (κ3) is 5.76. The van der Waals surface area contributed by atoms with Gasteiger partial charge in [-0.25, -0.2) is 0 Å². The number of methoxy groups -OCH3 is 1. The summed E-state index contributed by atoms with van der Waals surface area (Å²) in [5.41, 5.74) is 2.95. The summed E-state index contributed by atoms with van der Waals surface area (Å²) in [6, 6.07) is 11.3. The number of hydrogen-bond acceptors (Lipinski definition) is 4. The molecule has 0 aliphatic heterocycles. The highest BCUT2D eigenvalue weighted by Crippen LogP contribution is 2.33. The average molecular weight is 407 g/mol. The number of halogens is 1. The minimum absolute atomic E-state index is 0.0940. The molecule has 2 N–H and O–H groups in total. The second kappa shape index (κ2) is 9.44. The molecule has 0 fully saturated rings. The SMILES string of the molecule is CCNCc1cc(OC)c(OCC(=O)Nc2ccc(C)cc2)cc1Br. The van der Waals surface area contributed by atoms with Crippen LogP contribution in [0.4, 0.5) is 5.69 Å². The van der Waals surface area contributed by atoms with E-state index in [9.17, 15) is 4.79 Å². The van der Waals surface area contributed by atoms with Crippen molar-refractivity contribution in [1.82, 2.24) is 5.32 Å². The van der Waals surface area contributed by atoms with Crippen LogP contribution in [0.2, 0.25) is 0 Å². The molecule has 5 nitrogen and oxygen atoms in total. The van der Waals surface area contributed by atoms with Gasteiger partial charge in [0.1, 0.15) is 0 Å². The fraction of sp³-hybridized carbons (Fsp3) is 0.316. The molecule has 0 aliphatic carbocycles. The smallest absolute Gasteiger partial charge is 0.262 e. The van der Waals surface area contributed by atoms with Crippen LogP contribution in [0.1, 0.15) is 18.1 Å². The van der Waals surface area contributed by atoms with E-state index < -0.39 is 0 Å². The molecular formula is C19H23BrN2O3. The lowest BCUT2D eigenvalue weighted by Gasteiger charge is -2.14. The van der Waals surface area contributed by atoms with Gasteiger partial charge in [-0.1, -0.05) is 40.5 Å². The first-order chi connectivity index (χ1) is 12.0. The fourth-order valence-corrected chi connectivity index (χ4v) is 2.68. The Morgan fingerprint density at radius 1 is 1.16 bits per heavy atom. The van der Waals surface area contributed by atoms with Crippen molar-refractivity contribution in [1.29, 1.82) is 0 Å². The number of aryl methyl sites for hydroxylation is 1. The first kappa shape index (κ1) is 19.3. The molecule has 0 bridgehead atoms. The van der Waals surface area contributed by atoms with Crippen molar-refractivity contribution in [2.75, 3.05) is 25.6 Å². The second-order valence-electron chi connectivity index (χ2n) is 5.58. The van der Waals surface area contributed by atoms with E-state index in [4.69, 9.17) is 9.47 Å². The summed E-state index contributed by atoms with van der Waals surface area (Å²) in [7, 11) is 1.58. The number of amides is 1. The van der Waals surface area contributed by atoms with E-state index >= 15 is 0 Å². The van der Waals surface area contributed by atoms with Gasteiger partial charge in [0.05, 0.1) is 7.11 Å². The molecule has 0 spiro atoms. The van der Waals surface area contributed by atoms with Crippen molar-refractivity contribution in [2.24, 2.45) is 0 Å². The number of rotatable bonds is 8. The van der Waals surface area contributed by atoms with E-state index in [1.807, 2.05) is 43.3 Å². The van der Waals surface area contributed by atoms with Crippen LogP contribution in [-0.2, 0) is 11.3 Å². The zero-order chi connectivity index (χ0) is 18.2. The Balaban J connectivity index is 2.00. The zero-order valence-corrected chi connectivity index (χ0v) is 16.3. The molecule has 2 rings (SSSR count). The highest BCUT2D eigenvalue weighted by atomic mass is 79.9. The quantitative estimate of drug-likeness (QED) is 0.697. The van der Waals surface area contributed by atoms with E-state index in [2.05, 4.69) is 33.5 Å². The van der Waals surface area contributed by atoms with Gasteiger partial charge in [0, 0.05) is 16.7 Å². The van der Waals surface area contributed by atoms with Crippen molar-refractivity contribution in [2.45, 2.75) is 20.4 Å². The van der Waals surface area contributed by atoms with Gasteiger partial charge >= 0.3 is 0 Å². The normalized spacial score (nSPS) is 10.4. The van der Waals surface area contributed by atoms with Crippen molar-refractivity contribution in [3.8, 4) is 11.5 Å². The van der Waals surface area contributed by atoms with E-state index in [0.29, 0.717) is 11.5 Å². The second-order valence-corrected chi connectivity index (χ2v) is 6.43. The van der Waals surface area contributed by atoms with Crippen molar-refractivity contribution in [3.05, 3.63) is 52.0 Å². The van der Waals surface area contributed by atoms with Crippen LogP contribution in [0.5, 0.6) is 11.5 Å². The first-order valence-corrected chi connectivity index (χ1v) is 8.89. The Kier molecular flexibility index (Phi) is 7.28. The number of hydrogen-bond donors (Lipinski definition) is 2. The van der Waals surface area contributed by atoms with Crippen LogP contribution in [-0.4, -0.2) is 26.2 Å². The van der Waals surface area contributed by atoms with Gasteiger partial charge < -0.3 is 20.1 Å².